The van der Waals surface area contributed by atoms with Crippen LogP contribution in [0.15, 0.2) is 59.5 Å². The molecule has 190 valence electrons. The van der Waals surface area contributed by atoms with Gasteiger partial charge in [-0.15, -0.1) is 0 Å². The van der Waals surface area contributed by atoms with Crippen molar-refractivity contribution in [1.29, 1.82) is 0 Å². The fourth-order valence-electron chi connectivity index (χ4n) is 3.64. The van der Waals surface area contributed by atoms with Crippen LogP contribution < -0.4 is 13.2 Å². The number of carbonyl (C=O) groups is 2. The predicted octanol–water partition coefficient (Wildman–Crippen LogP) is 2.42. The molecule has 0 aliphatic carbocycles. The molecule has 4 rings (SSSR count). The minimum Gasteiger partial charge on any atom is -0.477 e. The quantitative estimate of drug-likeness (QED) is 0.316. The first-order chi connectivity index (χ1) is 16.9. The molecule has 0 spiro atoms. The Kier molecular flexibility index (Phi) is 6.79. The normalized spacial score (nSPS) is 13.8. The second-order valence-electron chi connectivity index (χ2n) is 7.44. The summed E-state index contributed by atoms with van der Waals surface area (Å²) in [6, 6.07) is 11.7. The molecule has 2 N–H and O–H groups in total. The van der Waals surface area contributed by atoms with Crippen molar-refractivity contribution in [2.75, 3.05) is 17.5 Å². The molecule has 0 bridgehead atoms. The molecule has 36 heavy (non-hydrogen) atoms. The Morgan fingerprint density at radius 1 is 1.11 bits per heavy atom. The lowest BCUT2D eigenvalue weighted by Gasteiger charge is -2.29. The lowest BCUT2D eigenvalue weighted by atomic mass is 10.1. The van der Waals surface area contributed by atoms with Gasteiger partial charge in [-0.2, -0.15) is 8.42 Å². The molecule has 0 unspecified atom stereocenters. The highest BCUT2D eigenvalue weighted by Gasteiger charge is 2.37. The zero-order valence-electron chi connectivity index (χ0n) is 18.1. The molecule has 2 aromatic carbocycles. The number of carbonyl (C=O) groups excluding carboxylic acids is 1. The number of nitrogens with one attached hydrogen (secondary N) is 1. The smallest absolute Gasteiger partial charge is 0.352 e. The summed E-state index contributed by atoms with van der Waals surface area (Å²) in [7, 11) is -9.58. The number of para-hydroxylation sites is 1. The Labute approximate surface area is 209 Å². The second kappa shape index (κ2) is 9.54. The second-order valence-corrected chi connectivity index (χ2v) is 11.4. The molecule has 0 radical (unpaired) electrons. The van der Waals surface area contributed by atoms with E-state index in [1.54, 1.807) is 4.13 Å². The highest BCUT2D eigenvalue weighted by atomic mass is 35.5. The molecular formula is C21H17ClFN3O8S2. The van der Waals surface area contributed by atoms with Crippen molar-refractivity contribution in [2.24, 2.45) is 0 Å². The number of benzene rings is 2. The van der Waals surface area contributed by atoms with Crippen LogP contribution in [0.5, 0.6) is 5.75 Å². The molecule has 0 atom stereocenters. The van der Waals surface area contributed by atoms with E-state index in [0.29, 0.717) is 4.31 Å². The zero-order valence-corrected chi connectivity index (χ0v) is 20.5. The fraction of sp³-hybridized carbons (Fsp3) is 0.143. The van der Waals surface area contributed by atoms with Gasteiger partial charge in [-0.1, -0.05) is 33.9 Å². The number of anilines is 1. The molecule has 0 amide bonds. The largest absolute Gasteiger partial charge is 0.477 e. The summed E-state index contributed by atoms with van der Waals surface area (Å²) in [5.41, 5.74) is 0.0805. The number of halogens is 2. The monoisotopic (exact) mass is 557 g/mol. The lowest BCUT2D eigenvalue weighted by molar-refractivity contribution is -0.133. The van der Waals surface area contributed by atoms with E-state index in [9.17, 15) is 35.9 Å². The molecule has 1 aliphatic heterocycles. The molecule has 15 heteroatoms. The zero-order chi connectivity index (χ0) is 26.3. The fourth-order valence-corrected chi connectivity index (χ4v) is 6.92. The van der Waals surface area contributed by atoms with Gasteiger partial charge in [0.05, 0.1) is 22.2 Å². The lowest BCUT2D eigenvalue weighted by Crippen LogP contribution is -2.48. The number of hydrogen-bond donors (Lipinski definition) is 2. The molecule has 11 nitrogen and oxygen atoms in total. The van der Waals surface area contributed by atoms with Crippen molar-refractivity contribution < 1.29 is 40.7 Å². The van der Waals surface area contributed by atoms with Gasteiger partial charge in [-0.25, -0.2) is 26.7 Å². The van der Waals surface area contributed by atoms with Gasteiger partial charge in [0.2, 0.25) is 0 Å². The number of carboxylic acid groups (broad SMARTS) is 1. The summed E-state index contributed by atoms with van der Waals surface area (Å²) in [6.07, 6.45) is 0. The van der Waals surface area contributed by atoms with Crippen molar-refractivity contribution >= 4 is 49.5 Å². The maximum atomic E-state index is 13.1. The van der Waals surface area contributed by atoms with Crippen LogP contribution in [0.1, 0.15) is 10.5 Å². The number of rotatable bonds is 8. The van der Waals surface area contributed by atoms with E-state index in [0.717, 1.165) is 16.7 Å². The third kappa shape index (κ3) is 4.80. The highest BCUT2D eigenvalue weighted by molar-refractivity contribution is 8.05. The first-order valence-electron chi connectivity index (χ1n) is 10.1. The van der Waals surface area contributed by atoms with Gasteiger partial charge in [-0.05, 0) is 42.0 Å². The van der Waals surface area contributed by atoms with Crippen molar-refractivity contribution in [2.45, 2.75) is 11.4 Å². The molecule has 1 aromatic heterocycles. The number of nitrogens with zero attached hydrogens (tertiary/aromatic N) is 2. The van der Waals surface area contributed by atoms with Gasteiger partial charge in [-0.3, -0.25) is 0 Å². The SMILES string of the molecule is O=C1CN(S(=O)(=O)NS(=O)(=O)c2cccc(-c3ccc(C(=O)O)n3CCF)c2)c2cccc(Cl)c2O1. The topological polar surface area (TPSA) is 152 Å². The van der Waals surface area contributed by atoms with E-state index < -0.39 is 50.3 Å². The first kappa shape index (κ1) is 25.6. The number of carboxylic acids is 1. The van der Waals surface area contributed by atoms with Gasteiger partial charge in [0, 0.05) is 5.69 Å². The van der Waals surface area contributed by atoms with Crippen LogP contribution >= 0.6 is 11.6 Å². The first-order valence-corrected chi connectivity index (χ1v) is 13.4. The predicted molar refractivity (Wildman–Crippen MR) is 126 cm³/mol. The van der Waals surface area contributed by atoms with E-state index in [-0.39, 0.29) is 40.0 Å². The third-order valence-corrected chi connectivity index (χ3v) is 8.96. The van der Waals surface area contributed by atoms with Crippen LogP contribution in [-0.2, 0) is 31.6 Å². The number of esters is 1. The Balaban J connectivity index is 1.70. The van der Waals surface area contributed by atoms with Crippen LogP contribution in [0.2, 0.25) is 5.02 Å². The van der Waals surface area contributed by atoms with E-state index in [4.69, 9.17) is 16.3 Å². The summed E-state index contributed by atoms with van der Waals surface area (Å²) >= 11 is 5.98. The van der Waals surface area contributed by atoms with Crippen LogP contribution in [0.25, 0.3) is 11.3 Å². The average molecular weight is 558 g/mol. The van der Waals surface area contributed by atoms with Gasteiger partial charge >= 0.3 is 22.1 Å². The molecule has 3 aromatic rings. The van der Waals surface area contributed by atoms with Crippen LogP contribution in [0, 0.1) is 0 Å². The summed E-state index contributed by atoms with van der Waals surface area (Å²) in [5, 5.41) is 9.28. The van der Waals surface area contributed by atoms with E-state index in [1.807, 2.05) is 0 Å². The van der Waals surface area contributed by atoms with Gasteiger partial charge in [0.1, 0.15) is 18.9 Å². The molecular weight excluding hydrogens is 541 g/mol. The van der Waals surface area contributed by atoms with Crippen LogP contribution in [0.3, 0.4) is 0 Å². The van der Waals surface area contributed by atoms with Crippen molar-refractivity contribution in [3.05, 3.63) is 65.3 Å². The Hall–Kier alpha value is -3.46. The number of sulfonamides is 1. The van der Waals surface area contributed by atoms with Crippen molar-refractivity contribution in [3.8, 4) is 17.0 Å². The summed E-state index contributed by atoms with van der Waals surface area (Å²) in [6.45, 7) is -1.96. The van der Waals surface area contributed by atoms with Gasteiger partial charge in [0.25, 0.3) is 10.0 Å². The van der Waals surface area contributed by atoms with E-state index in [2.05, 4.69) is 0 Å². The Morgan fingerprint density at radius 2 is 1.83 bits per heavy atom. The Bertz CT molecular complexity index is 1590. The molecule has 2 heterocycles. The Morgan fingerprint density at radius 3 is 2.53 bits per heavy atom. The maximum Gasteiger partial charge on any atom is 0.352 e. The number of alkyl halides is 1. The number of fused-ring (bicyclic) bond motifs is 1. The van der Waals surface area contributed by atoms with Crippen LogP contribution in [-0.4, -0.2) is 51.7 Å². The summed E-state index contributed by atoms with van der Waals surface area (Å²) < 4.78 is 73.5. The van der Waals surface area contributed by atoms with Gasteiger partial charge in [0.15, 0.2) is 5.75 Å². The van der Waals surface area contributed by atoms with Crippen molar-refractivity contribution in [1.82, 2.24) is 8.69 Å². The standard InChI is InChI=1S/C21H17ClFN3O8S2/c22-15-5-2-6-17-20(15)34-19(27)12-26(17)36(32,33)24-35(30,31)14-4-1-3-13(11-14)16-7-8-18(21(28)29)25(16)10-9-23/h1-8,11,24H,9-10,12H2,(H,28,29). The third-order valence-electron chi connectivity index (χ3n) is 5.16. The summed E-state index contributed by atoms with van der Waals surface area (Å²) in [5.74, 6) is -2.50. The van der Waals surface area contributed by atoms with E-state index >= 15 is 0 Å². The van der Waals surface area contributed by atoms with Crippen molar-refractivity contribution in [3.63, 3.8) is 0 Å². The number of aromatic carboxylic acids is 1. The number of ether oxygens (including phenoxy) is 1. The molecule has 0 saturated heterocycles. The summed E-state index contributed by atoms with van der Waals surface area (Å²) in [4.78, 5) is 22.9. The van der Waals surface area contributed by atoms with E-state index in [1.165, 1.54) is 42.5 Å². The number of aromatic nitrogens is 1. The van der Waals surface area contributed by atoms with Crippen LogP contribution in [0.4, 0.5) is 10.1 Å². The minimum absolute atomic E-state index is 0.0479. The average Bonchev–Trinajstić information content (AvgIpc) is 3.23. The maximum absolute atomic E-state index is 13.1. The number of hydrogen-bond acceptors (Lipinski definition) is 7. The van der Waals surface area contributed by atoms with Gasteiger partial charge < -0.3 is 14.4 Å². The molecule has 1 aliphatic rings. The molecule has 0 saturated carbocycles. The minimum atomic E-state index is -4.85. The molecule has 0 fully saturated rings. The highest BCUT2D eigenvalue weighted by Crippen LogP contribution is 2.39.